The second kappa shape index (κ2) is 13.4. The van der Waals surface area contributed by atoms with Gasteiger partial charge in [-0.1, -0.05) is 6.07 Å². The summed E-state index contributed by atoms with van der Waals surface area (Å²) < 4.78 is 16.2. The van der Waals surface area contributed by atoms with Gasteiger partial charge in [0, 0.05) is 32.6 Å². The van der Waals surface area contributed by atoms with Crippen LogP contribution >= 0.6 is 0 Å². The Morgan fingerprint density at radius 1 is 1.15 bits per heavy atom. The van der Waals surface area contributed by atoms with Crippen molar-refractivity contribution in [1.82, 2.24) is 5.48 Å². The van der Waals surface area contributed by atoms with Gasteiger partial charge in [0.25, 0.3) is 0 Å². The van der Waals surface area contributed by atoms with E-state index in [4.69, 9.17) is 25.2 Å². The first-order chi connectivity index (χ1) is 12.6. The molecule has 4 N–H and O–H groups in total. The number of methoxy groups -OCH3 is 2. The zero-order chi connectivity index (χ0) is 19.2. The zero-order valence-electron chi connectivity index (χ0n) is 15.8. The third kappa shape index (κ3) is 9.03. The molecule has 0 spiro atoms. The molecule has 0 saturated carbocycles. The van der Waals surface area contributed by atoms with Crippen molar-refractivity contribution in [1.29, 1.82) is 0 Å². The molecular weight excluding hydrogens is 336 g/mol. The Balaban J connectivity index is 2.38. The van der Waals surface area contributed by atoms with E-state index >= 15 is 0 Å². The number of carbonyl (C=O) groups is 1. The highest BCUT2D eigenvalue weighted by Crippen LogP contribution is 2.29. The quantitative estimate of drug-likeness (QED) is 0.265. The molecule has 0 aromatic heterocycles. The number of hydroxylamine groups is 1. The average Bonchev–Trinajstić information content (AvgIpc) is 2.65. The van der Waals surface area contributed by atoms with E-state index in [0.717, 1.165) is 43.6 Å². The number of nitrogens with two attached hydrogens (primary N) is 1. The number of amides is 1. The number of benzene rings is 1. The van der Waals surface area contributed by atoms with Crippen LogP contribution in [0.25, 0.3) is 0 Å². The van der Waals surface area contributed by atoms with Crippen LogP contribution in [0.4, 0.5) is 0 Å². The molecule has 1 amide bonds. The lowest BCUT2D eigenvalue weighted by Gasteiger charge is -2.13. The fraction of sp³-hybridized carbons (Fsp3) is 0.632. The van der Waals surface area contributed by atoms with Crippen molar-refractivity contribution in [3.05, 3.63) is 23.8 Å². The van der Waals surface area contributed by atoms with Crippen molar-refractivity contribution in [2.75, 3.05) is 27.4 Å². The summed E-state index contributed by atoms with van der Waals surface area (Å²) in [5.74, 6) is 1.11. The van der Waals surface area contributed by atoms with Crippen molar-refractivity contribution in [3.8, 4) is 11.5 Å². The summed E-state index contributed by atoms with van der Waals surface area (Å²) in [6.07, 6.45) is 5.32. The van der Waals surface area contributed by atoms with Gasteiger partial charge in [0.15, 0.2) is 11.5 Å². The van der Waals surface area contributed by atoms with Crippen molar-refractivity contribution < 1.29 is 24.2 Å². The third-order valence-corrected chi connectivity index (χ3v) is 4.12. The van der Waals surface area contributed by atoms with Gasteiger partial charge in [-0.25, -0.2) is 5.48 Å². The number of aryl methyl sites for hydroxylation is 1. The minimum Gasteiger partial charge on any atom is -0.493 e. The van der Waals surface area contributed by atoms with E-state index in [2.05, 4.69) is 0 Å². The molecule has 1 atom stereocenters. The van der Waals surface area contributed by atoms with E-state index in [-0.39, 0.29) is 11.9 Å². The summed E-state index contributed by atoms with van der Waals surface area (Å²) in [5, 5.41) is 8.45. The van der Waals surface area contributed by atoms with Gasteiger partial charge in [-0.05, 0) is 49.8 Å². The summed E-state index contributed by atoms with van der Waals surface area (Å²) in [4.78, 5) is 11.0. The Labute approximate surface area is 155 Å². The maximum atomic E-state index is 11.0. The van der Waals surface area contributed by atoms with Crippen LogP contribution in [0.3, 0.4) is 0 Å². The molecule has 0 heterocycles. The van der Waals surface area contributed by atoms with Crippen LogP contribution in [0.5, 0.6) is 11.5 Å². The molecule has 0 fully saturated rings. The predicted molar refractivity (Wildman–Crippen MR) is 99.7 cm³/mol. The zero-order valence-corrected chi connectivity index (χ0v) is 15.8. The van der Waals surface area contributed by atoms with Crippen LogP contribution in [-0.2, 0) is 16.0 Å². The van der Waals surface area contributed by atoms with Gasteiger partial charge >= 0.3 is 0 Å². The van der Waals surface area contributed by atoms with E-state index < -0.39 is 0 Å². The normalized spacial score (nSPS) is 11.8. The molecule has 148 valence electrons. The molecule has 1 rings (SSSR count). The van der Waals surface area contributed by atoms with Crippen molar-refractivity contribution in [2.24, 2.45) is 5.73 Å². The van der Waals surface area contributed by atoms with E-state index in [0.29, 0.717) is 26.1 Å². The summed E-state index contributed by atoms with van der Waals surface area (Å²) in [7, 11) is 3.31. The Bertz CT molecular complexity index is 525. The molecule has 1 aromatic carbocycles. The Morgan fingerprint density at radius 2 is 1.92 bits per heavy atom. The van der Waals surface area contributed by atoms with Gasteiger partial charge in [-0.2, -0.15) is 0 Å². The topological polar surface area (TPSA) is 103 Å². The molecule has 0 saturated heterocycles. The SMILES string of the molecule is COCCCOc1cc(CCCC(N)CCCC(=O)NO)ccc1OC. The highest BCUT2D eigenvalue weighted by molar-refractivity contribution is 5.74. The Morgan fingerprint density at radius 3 is 2.62 bits per heavy atom. The molecule has 7 heteroatoms. The van der Waals surface area contributed by atoms with Crippen molar-refractivity contribution in [3.63, 3.8) is 0 Å². The van der Waals surface area contributed by atoms with Gasteiger partial charge in [-0.3, -0.25) is 10.0 Å². The molecule has 0 aliphatic carbocycles. The predicted octanol–water partition coefficient (Wildman–Crippen LogP) is 2.44. The van der Waals surface area contributed by atoms with E-state index in [1.807, 2.05) is 18.2 Å². The van der Waals surface area contributed by atoms with Gasteiger partial charge in [-0.15, -0.1) is 0 Å². The van der Waals surface area contributed by atoms with Crippen molar-refractivity contribution in [2.45, 2.75) is 51.0 Å². The molecule has 0 aliphatic heterocycles. The molecular formula is C19H32N2O5. The summed E-state index contributed by atoms with van der Waals surface area (Å²) in [5.41, 5.74) is 8.90. The van der Waals surface area contributed by atoms with E-state index in [9.17, 15) is 4.79 Å². The fourth-order valence-corrected chi connectivity index (χ4v) is 2.67. The molecule has 26 heavy (non-hydrogen) atoms. The Hall–Kier alpha value is -1.83. The first-order valence-electron chi connectivity index (χ1n) is 9.07. The number of rotatable bonds is 14. The first kappa shape index (κ1) is 22.2. The molecule has 1 aromatic rings. The first-order valence-corrected chi connectivity index (χ1v) is 9.07. The van der Waals surface area contributed by atoms with Gasteiger partial charge in [0.1, 0.15) is 0 Å². The van der Waals surface area contributed by atoms with Gasteiger partial charge in [0.2, 0.25) is 5.91 Å². The smallest absolute Gasteiger partial charge is 0.243 e. The number of hydrogen-bond donors (Lipinski definition) is 3. The second-order valence-corrected chi connectivity index (χ2v) is 6.26. The lowest BCUT2D eigenvalue weighted by Crippen LogP contribution is -2.22. The fourth-order valence-electron chi connectivity index (χ4n) is 2.67. The van der Waals surface area contributed by atoms with Crippen LogP contribution < -0.4 is 20.7 Å². The van der Waals surface area contributed by atoms with Gasteiger partial charge < -0.3 is 19.9 Å². The van der Waals surface area contributed by atoms with Crippen LogP contribution in [0, 0.1) is 0 Å². The molecule has 0 bridgehead atoms. The monoisotopic (exact) mass is 368 g/mol. The maximum absolute atomic E-state index is 11.0. The summed E-state index contributed by atoms with van der Waals surface area (Å²) in [6.45, 7) is 1.25. The van der Waals surface area contributed by atoms with Crippen LogP contribution in [0.2, 0.25) is 0 Å². The highest BCUT2D eigenvalue weighted by atomic mass is 16.5. The van der Waals surface area contributed by atoms with Crippen LogP contribution in [-0.4, -0.2) is 44.6 Å². The molecule has 0 radical (unpaired) electrons. The third-order valence-electron chi connectivity index (χ3n) is 4.12. The number of nitrogens with one attached hydrogen (secondary N) is 1. The highest BCUT2D eigenvalue weighted by Gasteiger charge is 2.08. The molecule has 7 nitrogen and oxygen atoms in total. The summed E-state index contributed by atoms with van der Waals surface area (Å²) >= 11 is 0. The van der Waals surface area contributed by atoms with Gasteiger partial charge in [0.05, 0.1) is 13.7 Å². The maximum Gasteiger partial charge on any atom is 0.243 e. The number of hydrogen-bond acceptors (Lipinski definition) is 6. The largest absolute Gasteiger partial charge is 0.493 e. The number of carbonyl (C=O) groups excluding carboxylic acids is 1. The van der Waals surface area contributed by atoms with E-state index in [1.54, 1.807) is 19.7 Å². The lowest BCUT2D eigenvalue weighted by molar-refractivity contribution is -0.129. The molecule has 1 unspecified atom stereocenters. The van der Waals surface area contributed by atoms with Crippen molar-refractivity contribution >= 4 is 5.91 Å². The Kier molecular flexibility index (Phi) is 11.4. The summed E-state index contributed by atoms with van der Waals surface area (Å²) in [6, 6.07) is 6.04. The average molecular weight is 368 g/mol. The second-order valence-electron chi connectivity index (χ2n) is 6.26. The van der Waals surface area contributed by atoms with E-state index in [1.165, 1.54) is 5.56 Å². The van der Waals surface area contributed by atoms with Crippen LogP contribution in [0.15, 0.2) is 18.2 Å². The number of ether oxygens (including phenoxy) is 3. The standard InChI is InChI=1S/C19H32N2O5/c1-24-12-5-13-26-18-14-15(10-11-17(18)25-2)6-3-7-16(20)8-4-9-19(22)21-23/h10-11,14,16,23H,3-9,12-13,20H2,1-2H3,(H,21,22). The minimum absolute atomic E-state index is 0.0597. The lowest BCUT2D eigenvalue weighted by atomic mass is 10.0. The minimum atomic E-state index is -0.367. The molecule has 0 aliphatic rings. The van der Waals surface area contributed by atoms with Crippen LogP contribution in [0.1, 0.15) is 44.1 Å².